The van der Waals surface area contributed by atoms with Gasteiger partial charge in [-0.2, -0.15) is 0 Å². The third kappa shape index (κ3) is 3.91. The lowest BCUT2D eigenvalue weighted by Crippen LogP contribution is -2.48. The van der Waals surface area contributed by atoms with E-state index < -0.39 is 0 Å². The molecule has 1 aliphatic heterocycles. The molecule has 0 saturated carbocycles. The van der Waals surface area contributed by atoms with Crippen molar-refractivity contribution in [3.8, 4) is 0 Å². The average molecular weight is 304 g/mol. The Morgan fingerprint density at radius 1 is 1.53 bits per heavy atom. The molecular formula is C13H22ClN3OS. The van der Waals surface area contributed by atoms with Gasteiger partial charge in [0.25, 0.3) is 0 Å². The van der Waals surface area contributed by atoms with Gasteiger partial charge in [-0.25, -0.2) is 4.98 Å². The SMILES string of the molecule is CC(C(=O)Nc1ncc(C(C)(C)C)s1)C1CNC1.Cl. The number of hydrogen-bond acceptors (Lipinski definition) is 4. The van der Waals surface area contributed by atoms with Crippen LogP contribution < -0.4 is 10.6 Å². The largest absolute Gasteiger partial charge is 0.316 e. The molecule has 0 radical (unpaired) electrons. The van der Waals surface area contributed by atoms with Crippen molar-refractivity contribution in [2.45, 2.75) is 33.1 Å². The molecule has 19 heavy (non-hydrogen) atoms. The molecule has 1 saturated heterocycles. The van der Waals surface area contributed by atoms with Gasteiger partial charge in [0.1, 0.15) is 0 Å². The second kappa shape index (κ2) is 6.20. The van der Waals surface area contributed by atoms with Crippen LogP contribution in [0.15, 0.2) is 6.20 Å². The molecule has 0 spiro atoms. The van der Waals surface area contributed by atoms with E-state index in [2.05, 4.69) is 36.4 Å². The summed E-state index contributed by atoms with van der Waals surface area (Å²) < 4.78 is 0. The topological polar surface area (TPSA) is 54.0 Å². The molecule has 1 amide bonds. The maximum Gasteiger partial charge on any atom is 0.229 e. The summed E-state index contributed by atoms with van der Waals surface area (Å²) >= 11 is 1.56. The Morgan fingerprint density at radius 2 is 2.16 bits per heavy atom. The van der Waals surface area contributed by atoms with Crippen molar-refractivity contribution < 1.29 is 4.79 Å². The zero-order valence-corrected chi connectivity index (χ0v) is 13.5. The summed E-state index contributed by atoms with van der Waals surface area (Å²) in [5.74, 6) is 0.594. The average Bonchev–Trinajstić information content (AvgIpc) is 2.62. The standard InChI is InChI=1S/C13H21N3OS.ClH/c1-8(9-5-14-6-9)11(17)16-12-15-7-10(18-12)13(2,3)4;/h7-9,14H,5-6H2,1-4H3,(H,15,16,17);1H. The number of thiazole rings is 1. The summed E-state index contributed by atoms with van der Waals surface area (Å²) in [4.78, 5) is 17.5. The van der Waals surface area contributed by atoms with Gasteiger partial charge in [-0.15, -0.1) is 23.7 Å². The van der Waals surface area contributed by atoms with Crippen molar-refractivity contribution >= 4 is 34.8 Å². The molecule has 2 rings (SSSR count). The first-order valence-electron chi connectivity index (χ1n) is 6.36. The van der Waals surface area contributed by atoms with Crippen molar-refractivity contribution in [2.75, 3.05) is 18.4 Å². The second-order valence-corrected chi connectivity index (χ2v) is 7.01. The van der Waals surface area contributed by atoms with Crippen LogP contribution in [0.4, 0.5) is 5.13 Å². The van der Waals surface area contributed by atoms with Crippen molar-refractivity contribution in [1.82, 2.24) is 10.3 Å². The van der Waals surface area contributed by atoms with Crippen LogP contribution in [-0.4, -0.2) is 24.0 Å². The van der Waals surface area contributed by atoms with Crippen molar-refractivity contribution in [1.29, 1.82) is 0 Å². The van der Waals surface area contributed by atoms with Gasteiger partial charge in [-0.05, 0) is 24.4 Å². The summed E-state index contributed by atoms with van der Waals surface area (Å²) in [6.45, 7) is 10.3. The molecule has 1 aliphatic rings. The highest BCUT2D eigenvalue weighted by Gasteiger charge is 2.29. The van der Waals surface area contributed by atoms with Crippen LogP contribution in [0.1, 0.15) is 32.6 Å². The van der Waals surface area contributed by atoms with Crippen molar-refractivity contribution in [3.63, 3.8) is 0 Å². The van der Waals surface area contributed by atoms with Gasteiger partial charge in [0, 0.05) is 17.0 Å². The number of anilines is 1. The summed E-state index contributed by atoms with van der Waals surface area (Å²) in [5.41, 5.74) is 0.0875. The quantitative estimate of drug-likeness (QED) is 0.902. The lowest BCUT2D eigenvalue weighted by atomic mass is 9.88. The second-order valence-electron chi connectivity index (χ2n) is 5.98. The molecule has 1 unspecified atom stereocenters. The highest BCUT2D eigenvalue weighted by atomic mass is 35.5. The number of rotatable bonds is 3. The molecule has 6 heteroatoms. The van der Waals surface area contributed by atoms with Gasteiger partial charge in [-0.1, -0.05) is 27.7 Å². The van der Waals surface area contributed by atoms with E-state index in [4.69, 9.17) is 0 Å². The van der Waals surface area contributed by atoms with Gasteiger partial charge in [0.15, 0.2) is 5.13 Å². The number of aromatic nitrogens is 1. The maximum atomic E-state index is 12.0. The summed E-state index contributed by atoms with van der Waals surface area (Å²) in [5, 5.41) is 6.83. The number of amides is 1. The lowest BCUT2D eigenvalue weighted by molar-refractivity contribution is -0.121. The van der Waals surface area contributed by atoms with Gasteiger partial charge >= 0.3 is 0 Å². The van der Waals surface area contributed by atoms with Crippen LogP contribution in [0.3, 0.4) is 0 Å². The van der Waals surface area contributed by atoms with E-state index in [1.165, 1.54) is 4.88 Å². The molecule has 1 atom stereocenters. The van der Waals surface area contributed by atoms with Gasteiger partial charge < -0.3 is 10.6 Å². The summed E-state index contributed by atoms with van der Waals surface area (Å²) in [6, 6.07) is 0. The number of carbonyl (C=O) groups excluding carboxylic acids is 1. The zero-order chi connectivity index (χ0) is 13.3. The maximum absolute atomic E-state index is 12.0. The van der Waals surface area contributed by atoms with Crippen molar-refractivity contribution in [3.05, 3.63) is 11.1 Å². The lowest BCUT2D eigenvalue weighted by Gasteiger charge is -2.31. The first kappa shape index (κ1) is 16.4. The number of nitrogens with one attached hydrogen (secondary N) is 2. The van der Waals surface area contributed by atoms with E-state index in [-0.39, 0.29) is 29.6 Å². The van der Waals surface area contributed by atoms with Crippen LogP contribution in [0.5, 0.6) is 0 Å². The monoisotopic (exact) mass is 303 g/mol. The molecule has 4 nitrogen and oxygen atoms in total. The highest BCUT2D eigenvalue weighted by Crippen LogP contribution is 2.30. The third-order valence-corrected chi connectivity index (χ3v) is 4.75. The molecular weight excluding hydrogens is 282 g/mol. The molecule has 2 N–H and O–H groups in total. The minimum absolute atomic E-state index is 0. The molecule has 108 valence electrons. The molecule has 1 aromatic rings. The predicted molar refractivity (Wildman–Crippen MR) is 82.2 cm³/mol. The Balaban J connectivity index is 0.00000180. The molecule has 1 fully saturated rings. The number of carbonyl (C=O) groups is 1. The van der Waals surface area contributed by atoms with E-state index in [1.54, 1.807) is 11.3 Å². The number of nitrogens with zero attached hydrogens (tertiary/aromatic N) is 1. The Morgan fingerprint density at radius 3 is 2.58 bits per heavy atom. The normalized spacial score (nSPS) is 17.3. The smallest absolute Gasteiger partial charge is 0.229 e. The van der Waals surface area contributed by atoms with Crippen molar-refractivity contribution in [2.24, 2.45) is 11.8 Å². The van der Waals surface area contributed by atoms with E-state index >= 15 is 0 Å². The minimum Gasteiger partial charge on any atom is -0.316 e. The van der Waals surface area contributed by atoms with E-state index in [9.17, 15) is 4.79 Å². The van der Waals surface area contributed by atoms with Crippen LogP contribution in [0, 0.1) is 11.8 Å². The van der Waals surface area contributed by atoms with Crippen LogP contribution in [0.2, 0.25) is 0 Å². The molecule has 0 aromatic carbocycles. The van der Waals surface area contributed by atoms with E-state index in [1.807, 2.05) is 13.1 Å². The number of halogens is 1. The Kier molecular flexibility index (Phi) is 5.35. The fraction of sp³-hybridized carbons (Fsp3) is 0.692. The zero-order valence-electron chi connectivity index (χ0n) is 11.8. The van der Waals surface area contributed by atoms with E-state index in [0.717, 1.165) is 13.1 Å². The van der Waals surface area contributed by atoms with Gasteiger partial charge in [0.2, 0.25) is 5.91 Å². The fourth-order valence-electron chi connectivity index (χ4n) is 1.78. The summed E-state index contributed by atoms with van der Waals surface area (Å²) in [6.07, 6.45) is 1.86. The molecule has 0 aliphatic carbocycles. The molecule has 0 bridgehead atoms. The molecule has 1 aromatic heterocycles. The van der Waals surface area contributed by atoms with E-state index in [0.29, 0.717) is 11.0 Å². The third-order valence-electron chi connectivity index (χ3n) is 3.41. The van der Waals surface area contributed by atoms with Crippen LogP contribution in [-0.2, 0) is 10.2 Å². The Labute approximate surface area is 124 Å². The minimum atomic E-state index is 0. The molecule has 2 heterocycles. The summed E-state index contributed by atoms with van der Waals surface area (Å²) in [7, 11) is 0. The predicted octanol–water partition coefficient (Wildman–Crippen LogP) is 2.66. The Bertz CT molecular complexity index is 437. The highest BCUT2D eigenvalue weighted by molar-refractivity contribution is 7.15. The van der Waals surface area contributed by atoms with Crippen LogP contribution >= 0.6 is 23.7 Å². The fourth-order valence-corrected chi connectivity index (χ4v) is 2.65. The first-order chi connectivity index (χ1) is 8.38. The van der Waals surface area contributed by atoms with Crippen LogP contribution in [0.25, 0.3) is 0 Å². The number of hydrogen-bond donors (Lipinski definition) is 2. The Hall–Kier alpha value is -0.650. The van der Waals surface area contributed by atoms with Gasteiger partial charge in [-0.3, -0.25) is 4.79 Å². The van der Waals surface area contributed by atoms with Gasteiger partial charge in [0.05, 0.1) is 0 Å². The first-order valence-corrected chi connectivity index (χ1v) is 7.17.